The Hall–Kier alpha value is -2.50. The van der Waals surface area contributed by atoms with Gasteiger partial charge in [0.05, 0.1) is 4.88 Å². The minimum absolute atomic E-state index is 0.165. The molecule has 2 N–H and O–H groups in total. The van der Waals surface area contributed by atoms with Crippen molar-refractivity contribution in [1.82, 2.24) is 0 Å². The van der Waals surface area contributed by atoms with Crippen LogP contribution in [0.2, 0.25) is 0 Å². The summed E-state index contributed by atoms with van der Waals surface area (Å²) in [6.45, 7) is 6.09. The maximum absolute atomic E-state index is 10.9. The molecule has 26 heavy (non-hydrogen) atoms. The highest BCUT2D eigenvalue weighted by atomic mass is 32.1. The highest BCUT2D eigenvalue weighted by molar-refractivity contribution is 7.81. The van der Waals surface area contributed by atoms with Gasteiger partial charge in [-0.3, -0.25) is 0 Å². The smallest absolute Gasteiger partial charge is 0.289 e. The monoisotopic (exact) mass is 381 g/mol. The number of hydrogen-bond donors (Lipinski definition) is 2. The summed E-state index contributed by atoms with van der Waals surface area (Å²) in [6.07, 6.45) is 3.85. The third-order valence-electron chi connectivity index (χ3n) is 4.04. The number of aliphatic hydroxyl groups is 1. The molecule has 0 aliphatic heterocycles. The van der Waals surface area contributed by atoms with E-state index in [1.54, 1.807) is 0 Å². The Morgan fingerprint density at radius 3 is 2.58 bits per heavy atom. The van der Waals surface area contributed by atoms with Gasteiger partial charge in [0.15, 0.2) is 17.4 Å². The molecule has 2 aromatic heterocycles. The van der Waals surface area contributed by atoms with E-state index in [9.17, 15) is 5.11 Å². The van der Waals surface area contributed by atoms with Gasteiger partial charge in [-0.15, -0.1) is 11.3 Å². The molecule has 0 bridgehead atoms. The van der Waals surface area contributed by atoms with Gasteiger partial charge >= 0.3 is 0 Å². The molecule has 5 heteroatoms. The van der Waals surface area contributed by atoms with Crippen molar-refractivity contribution in [2.45, 2.75) is 20.8 Å². The van der Waals surface area contributed by atoms with Crippen molar-refractivity contribution in [2.75, 3.05) is 5.32 Å². The molecule has 0 atom stereocenters. The zero-order valence-electron chi connectivity index (χ0n) is 15.0. The third kappa shape index (κ3) is 4.00. The highest BCUT2D eigenvalue weighted by Crippen LogP contribution is 2.24. The Morgan fingerprint density at radius 2 is 1.88 bits per heavy atom. The van der Waals surface area contributed by atoms with Crippen LogP contribution in [0.15, 0.2) is 60.2 Å². The first-order valence-corrected chi connectivity index (χ1v) is 9.58. The van der Waals surface area contributed by atoms with Crippen LogP contribution in [-0.4, -0.2) is 10.1 Å². The zero-order valence-corrected chi connectivity index (χ0v) is 16.6. The van der Waals surface area contributed by atoms with Crippen molar-refractivity contribution >= 4 is 45.7 Å². The van der Waals surface area contributed by atoms with Crippen LogP contribution in [0, 0.1) is 20.8 Å². The van der Waals surface area contributed by atoms with Gasteiger partial charge in [0.2, 0.25) is 5.76 Å². The van der Waals surface area contributed by atoms with Crippen molar-refractivity contribution in [1.29, 1.82) is 0 Å². The van der Waals surface area contributed by atoms with E-state index in [4.69, 9.17) is 12.2 Å². The number of thiophene rings is 1. The average Bonchev–Trinajstić information content (AvgIpc) is 3.13. The number of anilines is 1. The summed E-state index contributed by atoms with van der Waals surface area (Å²) < 4.78 is 1.87. The molecule has 0 unspecified atom stereocenters. The second-order valence-corrected chi connectivity index (χ2v) is 7.59. The first kappa shape index (κ1) is 18.3. The molecule has 0 spiro atoms. The Bertz CT molecular complexity index is 975. The fraction of sp³-hybridized carbons (Fsp3) is 0.143. The first-order chi connectivity index (χ1) is 12.5. The SMILES string of the molecule is Cc1ccc(C)c(NC(=S)/C(=C(\O)c2cccs2)[n+]2cccc(C)c2)c1. The Morgan fingerprint density at radius 1 is 1.08 bits per heavy atom. The summed E-state index contributed by atoms with van der Waals surface area (Å²) in [5.74, 6) is 0.165. The first-order valence-electron chi connectivity index (χ1n) is 8.29. The van der Waals surface area contributed by atoms with Crippen LogP contribution in [-0.2, 0) is 0 Å². The molecule has 2 heterocycles. The highest BCUT2D eigenvalue weighted by Gasteiger charge is 2.24. The lowest BCUT2D eigenvalue weighted by molar-refractivity contribution is -0.576. The number of aliphatic hydroxyl groups excluding tert-OH is 1. The number of aryl methyl sites for hydroxylation is 3. The summed E-state index contributed by atoms with van der Waals surface area (Å²) in [7, 11) is 0. The molecule has 0 saturated heterocycles. The van der Waals surface area contributed by atoms with E-state index >= 15 is 0 Å². The van der Waals surface area contributed by atoms with Gasteiger partial charge in [-0.25, -0.2) is 0 Å². The summed E-state index contributed by atoms with van der Waals surface area (Å²) in [4.78, 5) is 1.25. The molecule has 0 aliphatic rings. The molecule has 3 aromatic rings. The lowest BCUT2D eigenvalue weighted by atomic mass is 10.1. The van der Waals surface area contributed by atoms with E-state index in [1.165, 1.54) is 11.3 Å². The molecule has 0 fully saturated rings. The molecular formula is C21H21N2OS2+. The van der Waals surface area contributed by atoms with Gasteiger partial charge in [-0.2, -0.15) is 4.57 Å². The average molecular weight is 382 g/mol. The lowest BCUT2D eigenvalue weighted by Crippen LogP contribution is -2.38. The van der Waals surface area contributed by atoms with Crippen LogP contribution in [0.4, 0.5) is 5.69 Å². The van der Waals surface area contributed by atoms with Gasteiger partial charge in [-0.1, -0.05) is 30.4 Å². The van der Waals surface area contributed by atoms with Gasteiger partial charge in [0.25, 0.3) is 5.70 Å². The number of thiocarbonyl (C=S) groups is 1. The lowest BCUT2D eigenvalue weighted by Gasteiger charge is -2.12. The van der Waals surface area contributed by atoms with Crippen LogP contribution in [0.5, 0.6) is 0 Å². The number of aromatic nitrogens is 1. The Balaban J connectivity index is 2.07. The van der Waals surface area contributed by atoms with Crippen LogP contribution in [0.1, 0.15) is 21.6 Å². The normalized spacial score (nSPS) is 11.8. The number of nitrogens with zero attached hydrogens (tertiary/aromatic N) is 1. The fourth-order valence-corrected chi connectivity index (χ4v) is 3.64. The van der Waals surface area contributed by atoms with Crippen molar-refractivity contribution in [3.8, 4) is 0 Å². The van der Waals surface area contributed by atoms with Gasteiger partial charge in [0, 0.05) is 17.3 Å². The quantitative estimate of drug-likeness (QED) is 0.279. The molecule has 3 rings (SSSR count). The summed E-state index contributed by atoms with van der Waals surface area (Å²) >= 11 is 7.17. The van der Waals surface area contributed by atoms with Crippen molar-refractivity contribution in [2.24, 2.45) is 0 Å². The molecule has 0 aliphatic carbocycles. The summed E-state index contributed by atoms with van der Waals surface area (Å²) in [6, 6.07) is 13.9. The summed E-state index contributed by atoms with van der Waals surface area (Å²) in [5, 5.41) is 16.2. The molecule has 1 aromatic carbocycles. The number of rotatable bonds is 4. The third-order valence-corrected chi connectivity index (χ3v) is 5.21. The van der Waals surface area contributed by atoms with Crippen molar-refractivity contribution < 1.29 is 9.67 Å². The van der Waals surface area contributed by atoms with Crippen LogP contribution in [0.3, 0.4) is 0 Å². The van der Waals surface area contributed by atoms with E-state index < -0.39 is 0 Å². The van der Waals surface area contributed by atoms with E-state index in [2.05, 4.69) is 23.5 Å². The molecule has 132 valence electrons. The van der Waals surface area contributed by atoms with Crippen LogP contribution >= 0.6 is 23.6 Å². The van der Waals surface area contributed by atoms with Crippen LogP contribution in [0.25, 0.3) is 11.5 Å². The van der Waals surface area contributed by atoms with E-state index in [1.807, 2.05) is 67.4 Å². The largest absolute Gasteiger partial charge is 0.501 e. The molecule has 0 radical (unpaired) electrons. The van der Waals surface area contributed by atoms with Gasteiger partial charge in [0.1, 0.15) is 0 Å². The van der Waals surface area contributed by atoms with Crippen molar-refractivity contribution in [3.63, 3.8) is 0 Å². The maximum Gasteiger partial charge on any atom is 0.289 e. The summed E-state index contributed by atoms with van der Waals surface area (Å²) in [5.41, 5.74) is 4.84. The number of benzene rings is 1. The van der Waals surface area contributed by atoms with Crippen molar-refractivity contribution in [3.05, 3.63) is 81.8 Å². The van der Waals surface area contributed by atoms with E-state index in [0.29, 0.717) is 10.7 Å². The second kappa shape index (κ2) is 7.81. The number of hydrogen-bond acceptors (Lipinski definition) is 3. The predicted octanol–water partition coefficient (Wildman–Crippen LogP) is 5.28. The molecule has 0 saturated carbocycles. The number of nitrogens with one attached hydrogen (secondary N) is 1. The standard InChI is InChI=1S/C21H20N2OS2/c1-14-8-9-16(3)17(12-14)22-21(25)19(20(24)18-7-5-11-26-18)23-10-4-6-15(2)13-23/h4-13H,1-3H3,(H-,22,24,25)/p+1. The van der Waals surface area contributed by atoms with Crippen LogP contribution < -0.4 is 9.88 Å². The molecule has 3 nitrogen and oxygen atoms in total. The van der Waals surface area contributed by atoms with Gasteiger partial charge < -0.3 is 10.4 Å². The zero-order chi connectivity index (χ0) is 18.7. The minimum Gasteiger partial charge on any atom is -0.501 e. The van der Waals surface area contributed by atoms with E-state index in [0.717, 1.165) is 27.3 Å². The second-order valence-electron chi connectivity index (χ2n) is 6.24. The molecular weight excluding hydrogens is 360 g/mol. The maximum atomic E-state index is 10.9. The predicted molar refractivity (Wildman–Crippen MR) is 114 cm³/mol. The van der Waals surface area contributed by atoms with E-state index in [-0.39, 0.29) is 5.76 Å². The Kier molecular flexibility index (Phi) is 5.49. The topological polar surface area (TPSA) is 36.1 Å². The fourth-order valence-electron chi connectivity index (χ4n) is 2.66. The van der Waals surface area contributed by atoms with Gasteiger partial charge in [-0.05, 0) is 55.5 Å². The number of pyridine rings is 1. The Labute approximate surface area is 163 Å². The molecule has 0 amide bonds. The minimum atomic E-state index is 0.165.